The number of amides is 1. The fourth-order valence-electron chi connectivity index (χ4n) is 2.41. The highest BCUT2D eigenvalue weighted by Crippen LogP contribution is 2.33. The molecule has 0 spiro atoms. The average molecular weight is 259 g/mol. The lowest BCUT2D eigenvalue weighted by molar-refractivity contribution is 0.0721. The number of nitrogens with zero attached hydrogens (tertiary/aromatic N) is 3. The Hall–Kier alpha value is -1.90. The second-order valence-corrected chi connectivity index (χ2v) is 4.91. The molecule has 1 heterocycles. The summed E-state index contributed by atoms with van der Waals surface area (Å²) in [4.78, 5) is 15.6. The lowest BCUT2D eigenvalue weighted by Gasteiger charge is -2.18. The molecule has 1 atom stereocenters. The molecule has 19 heavy (non-hydrogen) atoms. The fraction of sp³-hybridized carbons (Fsp3) is 0.429. The SMILES string of the molecule is CN(C)Cc1ccc2c(c1)C(C#N)N(CCO)C2=O. The van der Waals surface area contributed by atoms with Gasteiger partial charge < -0.3 is 14.9 Å². The van der Waals surface area contributed by atoms with Crippen LogP contribution in [-0.2, 0) is 6.54 Å². The second-order valence-electron chi connectivity index (χ2n) is 4.91. The molecular weight excluding hydrogens is 242 g/mol. The maximum absolute atomic E-state index is 12.1. The van der Waals surface area contributed by atoms with E-state index in [1.54, 1.807) is 6.07 Å². The van der Waals surface area contributed by atoms with Crippen molar-refractivity contribution in [2.45, 2.75) is 12.6 Å². The van der Waals surface area contributed by atoms with Crippen LogP contribution >= 0.6 is 0 Å². The zero-order chi connectivity index (χ0) is 14.0. The Morgan fingerprint density at radius 3 is 2.79 bits per heavy atom. The first kappa shape index (κ1) is 13.5. The van der Waals surface area contributed by atoms with Gasteiger partial charge in [0, 0.05) is 24.2 Å². The van der Waals surface area contributed by atoms with E-state index in [1.807, 2.05) is 31.1 Å². The van der Waals surface area contributed by atoms with Gasteiger partial charge in [0.2, 0.25) is 0 Å². The molecule has 1 unspecified atom stereocenters. The van der Waals surface area contributed by atoms with Gasteiger partial charge in [-0.2, -0.15) is 5.26 Å². The van der Waals surface area contributed by atoms with E-state index in [0.29, 0.717) is 5.56 Å². The van der Waals surface area contributed by atoms with E-state index < -0.39 is 6.04 Å². The highest BCUT2D eigenvalue weighted by atomic mass is 16.3. The van der Waals surface area contributed by atoms with Gasteiger partial charge in [-0.3, -0.25) is 4.79 Å². The van der Waals surface area contributed by atoms with Gasteiger partial charge in [0.25, 0.3) is 5.91 Å². The van der Waals surface area contributed by atoms with Crippen molar-refractivity contribution in [3.8, 4) is 6.07 Å². The number of aliphatic hydroxyl groups excluding tert-OH is 1. The smallest absolute Gasteiger partial charge is 0.255 e. The number of nitriles is 1. The summed E-state index contributed by atoms with van der Waals surface area (Å²) >= 11 is 0. The first-order valence-electron chi connectivity index (χ1n) is 6.17. The van der Waals surface area contributed by atoms with Crippen LogP contribution in [0.5, 0.6) is 0 Å². The molecule has 1 amide bonds. The van der Waals surface area contributed by atoms with Crippen molar-refractivity contribution in [3.63, 3.8) is 0 Å². The van der Waals surface area contributed by atoms with E-state index in [9.17, 15) is 10.1 Å². The first-order chi connectivity index (χ1) is 9.08. The molecule has 2 rings (SSSR count). The molecule has 0 aliphatic carbocycles. The standard InChI is InChI=1S/C14H17N3O2/c1-16(2)9-10-3-4-11-12(7-10)13(8-15)17(5-6-18)14(11)19/h3-4,7,13,18H,5-6,9H2,1-2H3. The lowest BCUT2D eigenvalue weighted by Crippen LogP contribution is -2.30. The number of β-amino-alcohol motifs (C(OH)–C–C–N with tert-alkyl or cyclic N) is 1. The Balaban J connectivity index is 2.38. The van der Waals surface area contributed by atoms with Crippen LogP contribution in [-0.4, -0.2) is 48.1 Å². The molecule has 5 heteroatoms. The molecule has 1 N–H and O–H groups in total. The van der Waals surface area contributed by atoms with E-state index in [1.165, 1.54) is 4.90 Å². The highest BCUT2D eigenvalue weighted by molar-refractivity contribution is 5.99. The summed E-state index contributed by atoms with van der Waals surface area (Å²) < 4.78 is 0. The minimum absolute atomic E-state index is 0.136. The number of aliphatic hydroxyl groups is 1. The van der Waals surface area contributed by atoms with Gasteiger partial charge in [0.1, 0.15) is 6.04 Å². The van der Waals surface area contributed by atoms with Crippen LogP contribution in [0, 0.1) is 11.3 Å². The van der Waals surface area contributed by atoms with E-state index in [4.69, 9.17) is 5.11 Å². The van der Waals surface area contributed by atoms with Crippen molar-refractivity contribution in [3.05, 3.63) is 34.9 Å². The number of carbonyl (C=O) groups is 1. The van der Waals surface area contributed by atoms with Gasteiger partial charge in [0.05, 0.1) is 12.7 Å². The van der Waals surface area contributed by atoms with Crippen LogP contribution in [0.3, 0.4) is 0 Å². The van der Waals surface area contributed by atoms with Gasteiger partial charge in [-0.25, -0.2) is 0 Å². The summed E-state index contributed by atoms with van der Waals surface area (Å²) in [6.07, 6.45) is 0. The van der Waals surface area contributed by atoms with Crippen LogP contribution in [0.2, 0.25) is 0 Å². The maximum Gasteiger partial charge on any atom is 0.255 e. The lowest BCUT2D eigenvalue weighted by atomic mass is 10.0. The third-order valence-electron chi connectivity index (χ3n) is 3.18. The van der Waals surface area contributed by atoms with Crippen molar-refractivity contribution in [2.75, 3.05) is 27.2 Å². The molecular formula is C14H17N3O2. The topological polar surface area (TPSA) is 67.6 Å². The number of hydrogen-bond donors (Lipinski definition) is 1. The average Bonchev–Trinajstić information content (AvgIpc) is 2.62. The molecule has 5 nitrogen and oxygen atoms in total. The second kappa shape index (κ2) is 5.39. The van der Waals surface area contributed by atoms with Crippen molar-refractivity contribution in [1.82, 2.24) is 9.80 Å². The minimum atomic E-state index is -0.586. The van der Waals surface area contributed by atoms with E-state index >= 15 is 0 Å². The third kappa shape index (κ3) is 2.46. The monoisotopic (exact) mass is 259 g/mol. The molecule has 0 fully saturated rings. The maximum atomic E-state index is 12.1. The molecule has 0 bridgehead atoms. The van der Waals surface area contributed by atoms with Gasteiger partial charge >= 0.3 is 0 Å². The summed E-state index contributed by atoms with van der Waals surface area (Å²) in [5.74, 6) is -0.174. The largest absolute Gasteiger partial charge is 0.395 e. The highest BCUT2D eigenvalue weighted by Gasteiger charge is 2.36. The fourth-order valence-corrected chi connectivity index (χ4v) is 2.41. The molecule has 0 radical (unpaired) electrons. The Morgan fingerprint density at radius 2 is 2.21 bits per heavy atom. The zero-order valence-corrected chi connectivity index (χ0v) is 11.1. The van der Waals surface area contributed by atoms with Crippen LogP contribution < -0.4 is 0 Å². The van der Waals surface area contributed by atoms with Gasteiger partial charge in [-0.05, 0) is 25.7 Å². The number of carbonyl (C=O) groups excluding carboxylic acids is 1. The Bertz CT molecular complexity index is 534. The summed E-state index contributed by atoms with van der Waals surface area (Å²) in [5, 5.41) is 18.3. The zero-order valence-electron chi connectivity index (χ0n) is 11.1. The number of fused-ring (bicyclic) bond motifs is 1. The Labute approximate surface area is 112 Å². The summed E-state index contributed by atoms with van der Waals surface area (Å²) in [5.41, 5.74) is 2.39. The predicted molar refractivity (Wildman–Crippen MR) is 70.3 cm³/mol. The van der Waals surface area contributed by atoms with Gasteiger partial charge in [-0.15, -0.1) is 0 Å². The van der Waals surface area contributed by atoms with Crippen LogP contribution in [0.25, 0.3) is 0 Å². The number of rotatable bonds is 4. The molecule has 1 aromatic rings. The van der Waals surface area contributed by atoms with Gasteiger partial charge in [0.15, 0.2) is 0 Å². The Kier molecular flexibility index (Phi) is 3.84. The molecule has 0 saturated carbocycles. The van der Waals surface area contributed by atoms with Crippen molar-refractivity contribution in [1.29, 1.82) is 5.26 Å². The Morgan fingerprint density at radius 1 is 1.47 bits per heavy atom. The molecule has 1 aliphatic heterocycles. The first-order valence-corrected chi connectivity index (χ1v) is 6.17. The van der Waals surface area contributed by atoms with Gasteiger partial charge in [-0.1, -0.05) is 12.1 Å². The summed E-state index contributed by atoms with van der Waals surface area (Å²) in [6, 6.07) is 7.16. The summed E-state index contributed by atoms with van der Waals surface area (Å²) in [7, 11) is 3.94. The van der Waals surface area contributed by atoms with Crippen LogP contribution in [0.4, 0.5) is 0 Å². The number of hydrogen-bond acceptors (Lipinski definition) is 4. The normalized spacial score (nSPS) is 17.7. The summed E-state index contributed by atoms with van der Waals surface area (Å²) in [6.45, 7) is 0.816. The van der Waals surface area contributed by atoms with E-state index in [2.05, 4.69) is 6.07 Å². The predicted octanol–water partition coefficient (Wildman–Crippen LogP) is 0.761. The number of benzene rings is 1. The quantitative estimate of drug-likeness (QED) is 0.867. The molecule has 100 valence electrons. The van der Waals surface area contributed by atoms with Crippen molar-refractivity contribution < 1.29 is 9.90 Å². The van der Waals surface area contributed by atoms with E-state index in [0.717, 1.165) is 17.7 Å². The van der Waals surface area contributed by atoms with Crippen molar-refractivity contribution in [2.24, 2.45) is 0 Å². The van der Waals surface area contributed by atoms with Crippen LogP contribution in [0.1, 0.15) is 27.5 Å². The minimum Gasteiger partial charge on any atom is -0.395 e. The van der Waals surface area contributed by atoms with E-state index in [-0.39, 0.29) is 19.1 Å². The molecule has 0 aromatic heterocycles. The molecule has 1 aromatic carbocycles. The molecule has 0 saturated heterocycles. The molecule has 1 aliphatic rings. The third-order valence-corrected chi connectivity index (χ3v) is 3.18. The van der Waals surface area contributed by atoms with Crippen molar-refractivity contribution >= 4 is 5.91 Å². The van der Waals surface area contributed by atoms with Crippen LogP contribution in [0.15, 0.2) is 18.2 Å².